The van der Waals surface area contributed by atoms with Crippen LogP contribution in [0.1, 0.15) is 6.92 Å². The molecule has 0 aliphatic carbocycles. The summed E-state index contributed by atoms with van der Waals surface area (Å²) in [5.74, 6) is -0.282. The number of carbonyl (C=O) groups is 1. The molecule has 2 rings (SSSR count). The summed E-state index contributed by atoms with van der Waals surface area (Å²) >= 11 is 0. The van der Waals surface area contributed by atoms with Crippen LogP contribution in [0.4, 0.5) is 5.69 Å². The molecule has 1 aliphatic heterocycles. The second kappa shape index (κ2) is 7.53. The van der Waals surface area contributed by atoms with Gasteiger partial charge in [0, 0.05) is 19.1 Å². The van der Waals surface area contributed by atoms with E-state index >= 15 is 0 Å². The summed E-state index contributed by atoms with van der Waals surface area (Å²) in [6.45, 7) is 0.658. The minimum absolute atomic E-state index is 0.131. The molecule has 1 fully saturated rings. The number of hydrogen-bond donors (Lipinski definition) is 4. The van der Waals surface area contributed by atoms with E-state index in [2.05, 4.69) is 5.32 Å². The molecule has 0 spiro atoms. The zero-order chi connectivity index (χ0) is 17.9. The molecule has 10 nitrogen and oxygen atoms in total. The van der Waals surface area contributed by atoms with Crippen LogP contribution in [-0.4, -0.2) is 63.4 Å². The summed E-state index contributed by atoms with van der Waals surface area (Å²) in [6.07, 6.45) is -5.15. The number of nitro benzene ring substituents is 1. The second-order valence-electron chi connectivity index (χ2n) is 5.30. The van der Waals surface area contributed by atoms with E-state index in [-0.39, 0.29) is 11.4 Å². The van der Waals surface area contributed by atoms with Gasteiger partial charge >= 0.3 is 0 Å². The van der Waals surface area contributed by atoms with E-state index in [1.54, 1.807) is 0 Å². The number of nitrogens with zero attached hydrogens (tertiary/aromatic N) is 1. The quantitative estimate of drug-likeness (QED) is 0.389. The Balaban J connectivity index is 2.19. The van der Waals surface area contributed by atoms with Crippen LogP contribution in [0.15, 0.2) is 24.3 Å². The van der Waals surface area contributed by atoms with Gasteiger partial charge in [-0.25, -0.2) is 0 Å². The van der Waals surface area contributed by atoms with Crippen molar-refractivity contribution in [2.24, 2.45) is 0 Å². The Morgan fingerprint density at radius 1 is 1.33 bits per heavy atom. The number of nitro groups is 1. The van der Waals surface area contributed by atoms with E-state index in [1.807, 2.05) is 0 Å². The summed E-state index contributed by atoms with van der Waals surface area (Å²) in [4.78, 5) is 21.4. The maximum atomic E-state index is 11.3. The lowest BCUT2D eigenvalue weighted by Gasteiger charge is -2.42. The van der Waals surface area contributed by atoms with Gasteiger partial charge < -0.3 is 30.1 Å². The first-order chi connectivity index (χ1) is 11.3. The Bertz CT molecular complexity index is 593. The Morgan fingerprint density at radius 3 is 2.46 bits per heavy atom. The molecule has 1 aromatic carbocycles. The van der Waals surface area contributed by atoms with E-state index in [0.29, 0.717) is 0 Å². The van der Waals surface area contributed by atoms with Crippen molar-refractivity contribution in [1.29, 1.82) is 0 Å². The van der Waals surface area contributed by atoms with E-state index in [0.717, 1.165) is 0 Å². The molecule has 24 heavy (non-hydrogen) atoms. The lowest BCUT2D eigenvalue weighted by molar-refractivity contribution is -0.384. The molecule has 10 heteroatoms. The minimum Gasteiger partial charge on any atom is -0.463 e. The van der Waals surface area contributed by atoms with Crippen molar-refractivity contribution >= 4 is 11.6 Å². The highest BCUT2D eigenvalue weighted by atomic mass is 16.7. The minimum atomic E-state index is -1.43. The molecule has 5 atom stereocenters. The predicted molar refractivity (Wildman–Crippen MR) is 79.1 cm³/mol. The van der Waals surface area contributed by atoms with Crippen LogP contribution in [0.3, 0.4) is 0 Å². The van der Waals surface area contributed by atoms with Gasteiger partial charge in [0.1, 0.15) is 30.1 Å². The Labute approximate surface area is 136 Å². The van der Waals surface area contributed by atoms with Gasteiger partial charge in [-0.1, -0.05) is 0 Å². The molecule has 0 bridgehead atoms. The van der Waals surface area contributed by atoms with E-state index in [1.165, 1.54) is 31.2 Å². The van der Waals surface area contributed by atoms with Crippen LogP contribution in [-0.2, 0) is 9.53 Å². The highest BCUT2D eigenvalue weighted by molar-refractivity contribution is 5.73. The van der Waals surface area contributed by atoms with E-state index in [4.69, 9.17) is 9.47 Å². The van der Waals surface area contributed by atoms with E-state index < -0.39 is 48.1 Å². The molecule has 1 saturated heterocycles. The maximum Gasteiger partial charge on any atom is 0.269 e. The molecule has 0 saturated carbocycles. The third kappa shape index (κ3) is 3.97. The number of carbonyl (C=O) groups excluding carboxylic acids is 1. The average Bonchev–Trinajstić information content (AvgIpc) is 2.54. The Kier molecular flexibility index (Phi) is 5.67. The van der Waals surface area contributed by atoms with Gasteiger partial charge in [0.15, 0.2) is 0 Å². The Hall–Kier alpha value is -2.27. The molecule has 1 heterocycles. The maximum absolute atomic E-state index is 11.3. The van der Waals surface area contributed by atoms with Crippen LogP contribution < -0.4 is 10.1 Å². The summed E-state index contributed by atoms with van der Waals surface area (Å²) in [5.41, 5.74) is -0.131. The third-order valence-corrected chi connectivity index (χ3v) is 3.55. The van der Waals surface area contributed by atoms with Crippen molar-refractivity contribution in [3.05, 3.63) is 34.4 Å². The monoisotopic (exact) mass is 342 g/mol. The molecule has 132 valence electrons. The van der Waals surface area contributed by atoms with Gasteiger partial charge in [-0.05, 0) is 12.1 Å². The molecule has 4 N–H and O–H groups in total. The number of ether oxygens (including phenoxy) is 2. The molecular weight excluding hydrogens is 324 g/mol. The lowest BCUT2D eigenvalue weighted by Crippen LogP contribution is -2.65. The van der Waals surface area contributed by atoms with Gasteiger partial charge in [-0.15, -0.1) is 0 Å². The van der Waals surface area contributed by atoms with Gasteiger partial charge in [0.25, 0.3) is 5.69 Å². The van der Waals surface area contributed by atoms with Gasteiger partial charge in [-0.2, -0.15) is 0 Å². The molecule has 1 amide bonds. The SMILES string of the molecule is CC(=O)N[C@H]1[C@H](Oc2ccc([N+](=O)[O-])cc2)O[C@H](CO)[C@@H](O)[C@@H]1O. The van der Waals surface area contributed by atoms with Gasteiger partial charge in [0.2, 0.25) is 12.2 Å². The second-order valence-corrected chi connectivity index (χ2v) is 5.30. The largest absolute Gasteiger partial charge is 0.463 e. The van der Waals surface area contributed by atoms with Crippen molar-refractivity contribution in [2.45, 2.75) is 37.6 Å². The molecule has 1 aliphatic rings. The first-order valence-corrected chi connectivity index (χ1v) is 7.14. The molecule has 0 aromatic heterocycles. The van der Waals surface area contributed by atoms with Crippen molar-refractivity contribution in [3.8, 4) is 5.75 Å². The number of benzene rings is 1. The average molecular weight is 342 g/mol. The molecule has 0 unspecified atom stereocenters. The number of nitrogens with one attached hydrogen (secondary N) is 1. The van der Waals surface area contributed by atoms with Crippen molar-refractivity contribution < 1.29 is 34.5 Å². The summed E-state index contributed by atoms with van der Waals surface area (Å²) in [5, 5.41) is 42.3. The van der Waals surface area contributed by atoms with Crippen molar-refractivity contribution in [1.82, 2.24) is 5.32 Å². The number of aliphatic hydroxyl groups is 3. The third-order valence-electron chi connectivity index (χ3n) is 3.55. The van der Waals surface area contributed by atoms with Crippen LogP contribution in [0.5, 0.6) is 5.75 Å². The fraction of sp³-hybridized carbons (Fsp3) is 0.500. The van der Waals surface area contributed by atoms with Crippen LogP contribution in [0.2, 0.25) is 0 Å². The standard InChI is InChI=1S/C14H18N2O8/c1-7(18)15-11-13(20)12(19)10(6-17)24-14(11)23-9-4-2-8(3-5-9)16(21)22/h2-5,10-14,17,19-20H,6H2,1H3,(H,15,18)/t10-,11-,12-,13-,14-/m1/s1. The topological polar surface area (TPSA) is 151 Å². The fourth-order valence-corrected chi connectivity index (χ4v) is 2.35. The summed E-state index contributed by atoms with van der Waals surface area (Å²) in [6, 6.07) is 4.02. The van der Waals surface area contributed by atoms with Crippen molar-refractivity contribution in [3.63, 3.8) is 0 Å². The van der Waals surface area contributed by atoms with E-state index in [9.17, 15) is 30.2 Å². The zero-order valence-electron chi connectivity index (χ0n) is 12.7. The van der Waals surface area contributed by atoms with Crippen LogP contribution in [0, 0.1) is 10.1 Å². The smallest absolute Gasteiger partial charge is 0.269 e. The van der Waals surface area contributed by atoms with Gasteiger partial charge in [-0.3, -0.25) is 14.9 Å². The first kappa shape index (κ1) is 18.1. The van der Waals surface area contributed by atoms with Crippen LogP contribution >= 0.6 is 0 Å². The number of rotatable bonds is 5. The number of non-ortho nitro benzene ring substituents is 1. The number of hydrogen-bond acceptors (Lipinski definition) is 8. The lowest BCUT2D eigenvalue weighted by atomic mass is 9.97. The Morgan fingerprint density at radius 2 is 1.96 bits per heavy atom. The van der Waals surface area contributed by atoms with Gasteiger partial charge in [0.05, 0.1) is 11.5 Å². The normalized spacial score (nSPS) is 29.8. The highest BCUT2D eigenvalue weighted by Gasteiger charge is 2.46. The number of amides is 1. The zero-order valence-corrected chi connectivity index (χ0v) is 12.7. The molecule has 1 aromatic rings. The predicted octanol–water partition coefficient (Wildman–Crippen LogP) is -1.08. The van der Waals surface area contributed by atoms with Crippen molar-refractivity contribution in [2.75, 3.05) is 6.61 Å². The first-order valence-electron chi connectivity index (χ1n) is 7.14. The van der Waals surface area contributed by atoms with Crippen LogP contribution in [0.25, 0.3) is 0 Å². The number of aliphatic hydroxyl groups excluding tert-OH is 3. The molecule has 0 radical (unpaired) electrons. The summed E-state index contributed by atoms with van der Waals surface area (Å²) in [7, 11) is 0. The fourth-order valence-electron chi connectivity index (χ4n) is 2.35. The highest BCUT2D eigenvalue weighted by Crippen LogP contribution is 2.25. The molecular formula is C14H18N2O8. The summed E-state index contributed by atoms with van der Waals surface area (Å²) < 4.78 is 10.9.